The number of imidazole rings is 1. The van der Waals surface area contributed by atoms with Crippen LogP contribution in [0.4, 0.5) is 10.2 Å². The quantitative estimate of drug-likeness (QED) is 0.418. The molecular weight excluding hydrogens is 415 g/mol. The van der Waals surface area contributed by atoms with E-state index < -0.39 is 0 Å². The van der Waals surface area contributed by atoms with Gasteiger partial charge in [-0.3, -0.25) is 4.57 Å². The Bertz CT molecular complexity index is 1320. The third-order valence-corrected chi connectivity index (χ3v) is 7.02. The second-order valence-corrected chi connectivity index (χ2v) is 9.42. The number of nitrogens with zero attached hydrogens (tertiary/aromatic N) is 6. The summed E-state index contributed by atoms with van der Waals surface area (Å²) in [4.78, 5) is 14.5. The fourth-order valence-electron chi connectivity index (χ4n) is 5.28. The van der Waals surface area contributed by atoms with Crippen molar-refractivity contribution in [3.05, 3.63) is 72.6 Å². The van der Waals surface area contributed by atoms with Gasteiger partial charge in [-0.05, 0) is 55.9 Å². The van der Waals surface area contributed by atoms with Gasteiger partial charge in [0.2, 0.25) is 0 Å². The number of benzene rings is 1. The lowest BCUT2D eigenvalue weighted by Crippen LogP contribution is -2.34. The van der Waals surface area contributed by atoms with Crippen LogP contribution in [0.2, 0.25) is 0 Å². The zero-order valence-electron chi connectivity index (χ0n) is 19.1. The van der Waals surface area contributed by atoms with Gasteiger partial charge in [0, 0.05) is 43.3 Å². The van der Waals surface area contributed by atoms with Crippen molar-refractivity contribution in [1.82, 2.24) is 24.0 Å². The summed E-state index contributed by atoms with van der Waals surface area (Å²) in [6.45, 7) is 4.97. The lowest BCUT2D eigenvalue weighted by Gasteiger charge is -2.23. The molecule has 0 N–H and O–H groups in total. The van der Waals surface area contributed by atoms with Crippen molar-refractivity contribution >= 4 is 5.82 Å². The lowest BCUT2D eigenvalue weighted by molar-refractivity contribution is 0.266. The maximum Gasteiger partial charge on any atom is 0.161 e. The second kappa shape index (κ2) is 7.56. The number of fused-ring (bicyclic) bond motifs is 5. The van der Waals surface area contributed by atoms with E-state index in [0.29, 0.717) is 18.5 Å². The van der Waals surface area contributed by atoms with Crippen LogP contribution in [-0.4, -0.2) is 57.2 Å². The highest BCUT2D eigenvalue weighted by atomic mass is 19.1. The Balaban J connectivity index is 1.40. The summed E-state index contributed by atoms with van der Waals surface area (Å²) < 4.78 is 17.8. The van der Waals surface area contributed by atoms with Crippen LogP contribution in [0, 0.1) is 11.7 Å². The van der Waals surface area contributed by atoms with Crippen molar-refractivity contribution in [1.29, 1.82) is 0 Å². The summed E-state index contributed by atoms with van der Waals surface area (Å²) in [6.07, 6.45) is 5.94. The van der Waals surface area contributed by atoms with Crippen LogP contribution in [0.15, 0.2) is 61.1 Å². The molecule has 6 nitrogen and oxygen atoms in total. The first-order valence-electron chi connectivity index (χ1n) is 11.4. The molecule has 168 valence electrons. The fourth-order valence-corrected chi connectivity index (χ4v) is 5.28. The topological polar surface area (TPSA) is 42.1 Å². The van der Waals surface area contributed by atoms with Crippen LogP contribution in [0.5, 0.6) is 0 Å². The molecule has 2 atom stereocenters. The largest absolute Gasteiger partial charge is 0.355 e. The normalized spacial score (nSPS) is 19.4. The maximum atomic E-state index is 13.4. The number of anilines is 1. The number of likely N-dealkylation sites (N-methyl/N-ethyl adjacent to an activating group) is 1. The van der Waals surface area contributed by atoms with Crippen molar-refractivity contribution in [3.8, 4) is 28.3 Å². The summed E-state index contributed by atoms with van der Waals surface area (Å²) in [7, 11) is 4.31. The molecule has 2 aliphatic rings. The molecule has 0 amide bonds. The molecule has 1 aromatic carbocycles. The first kappa shape index (κ1) is 20.2. The first-order chi connectivity index (χ1) is 16.0. The standard InChI is InChI=1S/C26H27FN6/c1-17-13-32(16-24(17)30(2)3)25-9-8-22-21(29-25)15-31-14-19(18-4-6-20(27)7-5-18)12-23(31)26-28-10-11-33(22)26/h4-12,14,17,24H,13,15-16H2,1-3H3/t17-,24-/m1/s1. The molecule has 4 aromatic rings. The summed E-state index contributed by atoms with van der Waals surface area (Å²) in [5.74, 6) is 2.28. The molecule has 3 aromatic heterocycles. The summed E-state index contributed by atoms with van der Waals surface area (Å²) in [6, 6.07) is 13.6. The molecule has 1 fully saturated rings. The van der Waals surface area contributed by atoms with Crippen molar-refractivity contribution < 1.29 is 4.39 Å². The van der Waals surface area contributed by atoms with E-state index in [0.717, 1.165) is 52.9 Å². The SMILES string of the molecule is C[C@@H]1CN(c2ccc3c(n2)Cn2cc(-c4ccc(F)cc4)cc2-c2nccn2-3)C[C@H]1N(C)C. The fraction of sp³-hybridized carbons (Fsp3) is 0.308. The average Bonchev–Trinajstić information content (AvgIpc) is 3.51. The van der Waals surface area contributed by atoms with Gasteiger partial charge in [-0.25, -0.2) is 14.4 Å². The molecule has 0 spiro atoms. The Morgan fingerprint density at radius 3 is 2.61 bits per heavy atom. The smallest absolute Gasteiger partial charge is 0.161 e. The average molecular weight is 443 g/mol. The highest BCUT2D eigenvalue weighted by Gasteiger charge is 2.32. The number of pyridine rings is 1. The van der Waals surface area contributed by atoms with E-state index in [4.69, 9.17) is 4.98 Å². The van der Waals surface area contributed by atoms with E-state index in [1.54, 1.807) is 0 Å². The summed E-state index contributed by atoms with van der Waals surface area (Å²) in [5, 5.41) is 0. The number of hydrogen-bond donors (Lipinski definition) is 0. The van der Waals surface area contributed by atoms with E-state index in [-0.39, 0.29) is 5.82 Å². The van der Waals surface area contributed by atoms with E-state index in [2.05, 4.69) is 69.3 Å². The molecule has 0 saturated carbocycles. The van der Waals surface area contributed by atoms with Gasteiger partial charge >= 0.3 is 0 Å². The summed E-state index contributed by atoms with van der Waals surface area (Å²) in [5.41, 5.74) is 5.14. The predicted octanol–water partition coefficient (Wildman–Crippen LogP) is 4.29. The Hall–Kier alpha value is -3.45. The van der Waals surface area contributed by atoms with Gasteiger partial charge in [0.05, 0.1) is 23.6 Å². The minimum absolute atomic E-state index is 0.228. The monoisotopic (exact) mass is 442 g/mol. The summed E-state index contributed by atoms with van der Waals surface area (Å²) >= 11 is 0. The van der Waals surface area contributed by atoms with Crippen LogP contribution in [0.3, 0.4) is 0 Å². The minimum atomic E-state index is -0.228. The number of hydrogen-bond acceptors (Lipinski definition) is 4. The molecule has 0 aliphatic carbocycles. The molecule has 0 unspecified atom stereocenters. The van der Waals surface area contributed by atoms with Gasteiger partial charge in [-0.15, -0.1) is 0 Å². The van der Waals surface area contributed by atoms with Crippen LogP contribution >= 0.6 is 0 Å². The Morgan fingerprint density at radius 2 is 1.85 bits per heavy atom. The zero-order valence-corrected chi connectivity index (χ0v) is 19.1. The molecule has 5 heterocycles. The highest BCUT2D eigenvalue weighted by molar-refractivity contribution is 5.71. The minimum Gasteiger partial charge on any atom is -0.355 e. The molecule has 1 saturated heterocycles. The molecule has 7 heteroatoms. The zero-order chi connectivity index (χ0) is 22.7. The van der Waals surface area contributed by atoms with E-state index in [9.17, 15) is 4.39 Å². The van der Waals surface area contributed by atoms with E-state index in [1.165, 1.54) is 12.1 Å². The Labute approximate surface area is 192 Å². The van der Waals surface area contributed by atoms with Crippen LogP contribution < -0.4 is 4.90 Å². The van der Waals surface area contributed by atoms with E-state index in [1.807, 2.05) is 24.5 Å². The molecule has 2 aliphatic heterocycles. The van der Waals surface area contributed by atoms with Gasteiger partial charge in [0.15, 0.2) is 5.82 Å². The van der Waals surface area contributed by atoms with Gasteiger partial charge < -0.3 is 14.4 Å². The highest BCUT2D eigenvalue weighted by Crippen LogP contribution is 2.35. The molecule has 33 heavy (non-hydrogen) atoms. The van der Waals surface area contributed by atoms with E-state index >= 15 is 0 Å². The Kier molecular flexibility index (Phi) is 4.62. The van der Waals surface area contributed by atoms with Gasteiger partial charge in [-0.1, -0.05) is 19.1 Å². The molecule has 6 rings (SSSR count). The maximum absolute atomic E-state index is 13.4. The van der Waals surface area contributed by atoms with Crippen LogP contribution in [0.1, 0.15) is 12.6 Å². The number of aromatic nitrogens is 4. The molecule has 0 radical (unpaired) electrons. The first-order valence-corrected chi connectivity index (χ1v) is 11.4. The second-order valence-electron chi connectivity index (χ2n) is 9.42. The van der Waals surface area contributed by atoms with Crippen molar-refractivity contribution in [2.24, 2.45) is 5.92 Å². The van der Waals surface area contributed by atoms with Gasteiger partial charge in [0.25, 0.3) is 0 Å². The van der Waals surface area contributed by atoms with Gasteiger partial charge in [0.1, 0.15) is 11.6 Å². The lowest BCUT2D eigenvalue weighted by atomic mass is 10.1. The number of rotatable bonds is 3. The Morgan fingerprint density at radius 1 is 1.03 bits per heavy atom. The van der Waals surface area contributed by atoms with Crippen LogP contribution in [0.25, 0.3) is 28.3 Å². The predicted molar refractivity (Wildman–Crippen MR) is 128 cm³/mol. The van der Waals surface area contributed by atoms with Crippen LogP contribution in [-0.2, 0) is 6.54 Å². The van der Waals surface area contributed by atoms with Crippen molar-refractivity contribution in [2.75, 3.05) is 32.1 Å². The van der Waals surface area contributed by atoms with Crippen molar-refractivity contribution in [2.45, 2.75) is 19.5 Å². The molecule has 0 bridgehead atoms. The molecular formula is C26H27FN6. The van der Waals surface area contributed by atoms with Crippen molar-refractivity contribution in [3.63, 3.8) is 0 Å². The third-order valence-electron chi connectivity index (χ3n) is 7.02. The third kappa shape index (κ3) is 3.35. The van der Waals surface area contributed by atoms with Gasteiger partial charge in [-0.2, -0.15) is 0 Å². The number of halogens is 1.